The van der Waals surface area contributed by atoms with Crippen molar-refractivity contribution in [2.24, 2.45) is 0 Å². The lowest BCUT2D eigenvalue weighted by Gasteiger charge is -2.10. The van der Waals surface area contributed by atoms with Crippen molar-refractivity contribution in [3.05, 3.63) is 68.4 Å². The number of rotatable bonds is 4. The predicted molar refractivity (Wildman–Crippen MR) is 101 cm³/mol. The van der Waals surface area contributed by atoms with E-state index < -0.39 is 10.8 Å². The highest BCUT2D eigenvalue weighted by molar-refractivity contribution is 6.35. The van der Waals surface area contributed by atoms with Crippen molar-refractivity contribution in [1.29, 1.82) is 0 Å². The van der Waals surface area contributed by atoms with Crippen LogP contribution >= 0.6 is 23.2 Å². The fourth-order valence-electron chi connectivity index (χ4n) is 2.33. The molecular formula is C17H11Cl2N3O5. The second kappa shape index (κ2) is 7.18. The largest absolute Gasteiger partial charge is 0.507 e. The van der Waals surface area contributed by atoms with Crippen LogP contribution in [-0.4, -0.2) is 15.9 Å². The number of amides is 1. The van der Waals surface area contributed by atoms with Gasteiger partial charge in [0.2, 0.25) is 0 Å². The first-order valence-electron chi connectivity index (χ1n) is 7.38. The van der Waals surface area contributed by atoms with Crippen molar-refractivity contribution in [2.75, 3.05) is 11.1 Å². The van der Waals surface area contributed by atoms with Crippen LogP contribution in [-0.2, 0) is 0 Å². The van der Waals surface area contributed by atoms with Gasteiger partial charge in [-0.3, -0.25) is 14.9 Å². The minimum Gasteiger partial charge on any atom is -0.507 e. The third kappa shape index (κ3) is 3.81. The van der Waals surface area contributed by atoms with Crippen molar-refractivity contribution in [3.63, 3.8) is 0 Å². The number of benzene rings is 2. The fourth-order valence-corrected chi connectivity index (χ4v) is 2.81. The number of hydrogen-bond donors (Lipinski definition) is 3. The first-order valence-corrected chi connectivity index (χ1v) is 8.14. The van der Waals surface area contributed by atoms with Gasteiger partial charge in [-0.1, -0.05) is 23.2 Å². The van der Waals surface area contributed by atoms with E-state index in [-0.39, 0.29) is 32.7 Å². The summed E-state index contributed by atoms with van der Waals surface area (Å²) in [4.78, 5) is 22.6. The third-order valence-electron chi connectivity index (χ3n) is 3.63. The molecule has 0 aliphatic carbocycles. The lowest BCUT2D eigenvalue weighted by molar-refractivity contribution is -0.384. The number of nitrogens with two attached hydrogens (primary N) is 1. The summed E-state index contributed by atoms with van der Waals surface area (Å²) >= 11 is 12.1. The van der Waals surface area contributed by atoms with Crippen molar-refractivity contribution >= 4 is 46.2 Å². The van der Waals surface area contributed by atoms with Gasteiger partial charge in [0.25, 0.3) is 11.6 Å². The number of phenols is 1. The van der Waals surface area contributed by atoms with E-state index in [0.717, 1.165) is 6.07 Å². The number of nitro groups is 1. The SMILES string of the molecule is Nc1coc(-c2cc(O)c(C(=O)Nc3ccc([N+](=O)[O-])cc3Cl)cc2Cl)c1. The second-order valence-electron chi connectivity index (χ2n) is 5.47. The summed E-state index contributed by atoms with van der Waals surface area (Å²) in [5.41, 5.74) is 6.15. The summed E-state index contributed by atoms with van der Waals surface area (Å²) in [5.74, 6) is -0.714. The molecule has 0 atom stereocenters. The Morgan fingerprint density at radius 2 is 1.93 bits per heavy atom. The maximum Gasteiger partial charge on any atom is 0.271 e. The number of aromatic hydroxyl groups is 1. The van der Waals surface area contributed by atoms with E-state index in [1.165, 1.54) is 36.6 Å². The minimum atomic E-state index is -0.698. The molecule has 4 N–H and O–H groups in total. The van der Waals surface area contributed by atoms with Crippen LogP contribution in [0, 0.1) is 10.1 Å². The Morgan fingerprint density at radius 3 is 2.52 bits per heavy atom. The molecule has 0 saturated carbocycles. The zero-order chi connectivity index (χ0) is 19.7. The summed E-state index contributed by atoms with van der Waals surface area (Å²) in [6.07, 6.45) is 1.32. The van der Waals surface area contributed by atoms with E-state index in [2.05, 4.69) is 5.32 Å². The van der Waals surface area contributed by atoms with E-state index in [0.29, 0.717) is 17.0 Å². The molecule has 0 radical (unpaired) electrons. The van der Waals surface area contributed by atoms with Crippen molar-refractivity contribution in [2.45, 2.75) is 0 Å². The molecule has 0 spiro atoms. The van der Waals surface area contributed by atoms with Gasteiger partial charge in [-0.15, -0.1) is 0 Å². The molecule has 0 saturated heterocycles. The molecule has 1 heterocycles. The number of anilines is 2. The number of non-ortho nitro benzene ring substituents is 1. The Kier molecular flexibility index (Phi) is 4.93. The Labute approximate surface area is 162 Å². The molecular weight excluding hydrogens is 397 g/mol. The van der Waals surface area contributed by atoms with Gasteiger partial charge in [-0.05, 0) is 18.2 Å². The summed E-state index contributed by atoms with van der Waals surface area (Å²) < 4.78 is 5.23. The topological polar surface area (TPSA) is 132 Å². The quantitative estimate of drug-likeness (QED) is 0.424. The number of nitrogen functional groups attached to an aromatic ring is 1. The molecule has 10 heteroatoms. The Morgan fingerprint density at radius 1 is 1.19 bits per heavy atom. The van der Waals surface area contributed by atoms with Gasteiger partial charge < -0.3 is 20.6 Å². The van der Waals surface area contributed by atoms with E-state index >= 15 is 0 Å². The molecule has 0 unspecified atom stereocenters. The highest BCUT2D eigenvalue weighted by Crippen LogP contribution is 2.36. The third-order valence-corrected chi connectivity index (χ3v) is 4.25. The van der Waals surface area contributed by atoms with Crippen LogP contribution in [0.4, 0.5) is 17.1 Å². The smallest absolute Gasteiger partial charge is 0.271 e. The molecule has 3 rings (SSSR count). The van der Waals surface area contributed by atoms with E-state index in [1.807, 2.05) is 0 Å². The number of carbonyl (C=O) groups is 1. The highest BCUT2D eigenvalue weighted by atomic mass is 35.5. The number of nitrogens with zero attached hydrogens (tertiary/aromatic N) is 1. The van der Waals surface area contributed by atoms with Gasteiger partial charge in [0.1, 0.15) is 17.8 Å². The monoisotopic (exact) mass is 407 g/mol. The van der Waals surface area contributed by atoms with Gasteiger partial charge >= 0.3 is 0 Å². The first-order chi connectivity index (χ1) is 12.8. The lowest BCUT2D eigenvalue weighted by atomic mass is 10.1. The Hall–Kier alpha value is -3.23. The van der Waals surface area contributed by atoms with Crippen LogP contribution in [0.3, 0.4) is 0 Å². The van der Waals surface area contributed by atoms with E-state index in [4.69, 9.17) is 33.4 Å². The number of nitrogens with one attached hydrogen (secondary N) is 1. The van der Waals surface area contributed by atoms with Crippen molar-refractivity contribution in [1.82, 2.24) is 0 Å². The predicted octanol–water partition coefficient (Wildman–Crippen LogP) is 4.70. The molecule has 0 fully saturated rings. The molecule has 27 heavy (non-hydrogen) atoms. The first kappa shape index (κ1) is 18.6. The van der Waals surface area contributed by atoms with Gasteiger partial charge in [-0.25, -0.2) is 0 Å². The number of phenolic OH excluding ortho intramolecular Hbond substituents is 1. The van der Waals surface area contributed by atoms with Crippen LogP contribution in [0.1, 0.15) is 10.4 Å². The van der Waals surface area contributed by atoms with E-state index in [9.17, 15) is 20.0 Å². The highest BCUT2D eigenvalue weighted by Gasteiger charge is 2.19. The molecule has 138 valence electrons. The molecule has 2 aromatic carbocycles. The number of furan rings is 1. The number of halogens is 2. The summed E-state index contributed by atoms with van der Waals surface area (Å²) in [6, 6.07) is 7.65. The zero-order valence-corrected chi connectivity index (χ0v) is 14.9. The Bertz CT molecular complexity index is 1060. The van der Waals surface area contributed by atoms with Crippen LogP contribution in [0.5, 0.6) is 5.75 Å². The van der Waals surface area contributed by atoms with Crippen molar-refractivity contribution in [3.8, 4) is 17.1 Å². The average molecular weight is 408 g/mol. The van der Waals surface area contributed by atoms with E-state index in [1.54, 1.807) is 0 Å². The summed E-state index contributed by atoms with van der Waals surface area (Å²) in [5, 5.41) is 23.5. The van der Waals surface area contributed by atoms with Gasteiger partial charge in [0, 0.05) is 23.8 Å². The minimum absolute atomic E-state index is 0.0224. The van der Waals surface area contributed by atoms with Crippen LogP contribution in [0.15, 0.2) is 47.1 Å². The molecule has 1 aromatic heterocycles. The average Bonchev–Trinajstić information content (AvgIpc) is 3.04. The number of carbonyl (C=O) groups excluding carboxylic acids is 1. The fraction of sp³-hybridized carbons (Fsp3) is 0. The molecule has 8 nitrogen and oxygen atoms in total. The zero-order valence-electron chi connectivity index (χ0n) is 13.4. The normalized spacial score (nSPS) is 10.6. The number of hydrogen-bond acceptors (Lipinski definition) is 6. The molecule has 3 aromatic rings. The van der Waals surface area contributed by atoms with Crippen LogP contribution < -0.4 is 11.1 Å². The molecule has 0 aliphatic rings. The van der Waals surface area contributed by atoms with Crippen LogP contribution in [0.25, 0.3) is 11.3 Å². The van der Waals surface area contributed by atoms with Gasteiger partial charge in [0.15, 0.2) is 0 Å². The van der Waals surface area contributed by atoms with Crippen LogP contribution in [0.2, 0.25) is 10.0 Å². The molecule has 0 bridgehead atoms. The lowest BCUT2D eigenvalue weighted by Crippen LogP contribution is -2.12. The summed E-state index contributed by atoms with van der Waals surface area (Å²) in [7, 11) is 0. The van der Waals surface area contributed by atoms with Gasteiger partial charge in [-0.2, -0.15) is 0 Å². The van der Waals surface area contributed by atoms with Crippen molar-refractivity contribution < 1.29 is 19.2 Å². The Balaban J connectivity index is 1.89. The van der Waals surface area contributed by atoms with Gasteiger partial charge in [0.05, 0.1) is 31.9 Å². The standard InChI is InChI=1S/C17H11Cl2N3O5/c18-12-5-11(15(23)6-10(12)16-3-8(20)7-27-16)17(24)21-14-2-1-9(22(25)26)4-13(14)19/h1-7,23H,20H2,(H,21,24). The summed E-state index contributed by atoms with van der Waals surface area (Å²) in [6.45, 7) is 0. The molecule has 0 aliphatic heterocycles. The maximum absolute atomic E-state index is 12.4. The molecule has 1 amide bonds. The number of nitro benzene ring substituents is 1. The maximum atomic E-state index is 12.4. The second-order valence-corrected chi connectivity index (χ2v) is 6.28.